The van der Waals surface area contributed by atoms with Gasteiger partial charge in [0.1, 0.15) is 0 Å². The van der Waals surface area contributed by atoms with Gasteiger partial charge in [-0.25, -0.2) is 8.78 Å². The van der Waals surface area contributed by atoms with Crippen molar-refractivity contribution in [3.63, 3.8) is 0 Å². The van der Waals surface area contributed by atoms with Crippen molar-refractivity contribution >= 4 is 22.4 Å². The van der Waals surface area contributed by atoms with Crippen LogP contribution in [0.1, 0.15) is 6.92 Å². The molecular weight excluding hydrogens is 286 g/mol. The van der Waals surface area contributed by atoms with E-state index < -0.39 is 18.3 Å². The molecule has 1 amide bonds. The summed E-state index contributed by atoms with van der Waals surface area (Å²) in [6.45, 7) is 1.33. The number of amides is 1. The van der Waals surface area contributed by atoms with E-state index >= 15 is 0 Å². The van der Waals surface area contributed by atoms with Gasteiger partial charge in [0.05, 0.1) is 5.69 Å². The lowest BCUT2D eigenvalue weighted by atomic mass is 10.1. The van der Waals surface area contributed by atoms with Gasteiger partial charge in [0.2, 0.25) is 0 Å². The molecule has 0 aliphatic rings. The molecular formula is C15H13F4NO. The van der Waals surface area contributed by atoms with Gasteiger partial charge in [-0.05, 0) is 18.4 Å². The average molecular weight is 299 g/mol. The molecule has 0 fully saturated rings. The highest BCUT2D eigenvalue weighted by atomic mass is 19.3. The maximum absolute atomic E-state index is 13.3. The van der Waals surface area contributed by atoms with Crippen LogP contribution in [-0.4, -0.2) is 24.8 Å². The summed E-state index contributed by atoms with van der Waals surface area (Å²) in [7, 11) is 0. The number of anilines is 1. The van der Waals surface area contributed by atoms with Gasteiger partial charge in [0.25, 0.3) is 0 Å². The van der Waals surface area contributed by atoms with Crippen LogP contribution in [-0.2, 0) is 4.79 Å². The molecule has 112 valence electrons. The van der Waals surface area contributed by atoms with Gasteiger partial charge >= 0.3 is 18.3 Å². The highest BCUT2D eigenvalue weighted by Gasteiger charge is 2.51. The molecule has 0 atom stereocenters. The Bertz CT molecular complexity index is 652. The molecule has 0 aliphatic carbocycles. The number of halogens is 4. The van der Waals surface area contributed by atoms with Crippen LogP contribution in [0.5, 0.6) is 0 Å². The molecule has 0 saturated carbocycles. The van der Waals surface area contributed by atoms with E-state index in [4.69, 9.17) is 0 Å². The number of rotatable bonds is 4. The molecule has 0 saturated heterocycles. The van der Waals surface area contributed by atoms with Crippen LogP contribution in [0.3, 0.4) is 0 Å². The van der Waals surface area contributed by atoms with E-state index in [9.17, 15) is 22.4 Å². The van der Waals surface area contributed by atoms with Gasteiger partial charge in [0, 0.05) is 11.9 Å². The van der Waals surface area contributed by atoms with Gasteiger partial charge in [-0.15, -0.1) is 0 Å². The van der Waals surface area contributed by atoms with E-state index in [0.717, 1.165) is 5.39 Å². The lowest BCUT2D eigenvalue weighted by molar-refractivity contribution is -0.166. The van der Waals surface area contributed by atoms with Gasteiger partial charge in [-0.3, -0.25) is 4.79 Å². The summed E-state index contributed by atoms with van der Waals surface area (Å²) in [5.41, 5.74) is 0.195. The fourth-order valence-electron chi connectivity index (χ4n) is 2.14. The third-order valence-electron chi connectivity index (χ3n) is 3.18. The number of fused-ring (bicyclic) bond motifs is 1. The second-order valence-electron chi connectivity index (χ2n) is 4.47. The summed E-state index contributed by atoms with van der Waals surface area (Å²) in [6.07, 6.45) is -4.03. The van der Waals surface area contributed by atoms with Crippen molar-refractivity contribution in [1.29, 1.82) is 0 Å². The Morgan fingerprint density at radius 1 is 1.14 bits per heavy atom. The Labute approximate surface area is 119 Å². The lowest BCUT2D eigenvalue weighted by Crippen LogP contribution is -2.48. The molecule has 2 nitrogen and oxygen atoms in total. The summed E-state index contributed by atoms with van der Waals surface area (Å²) in [5, 5.41) is 1.29. The van der Waals surface area contributed by atoms with E-state index in [-0.39, 0.29) is 12.2 Å². The topological polar surface area (TPSA) is 20.3 Å². The summed E-state index contributed by atoms with van der Waals surface area (Å²) in [6, 6.07) is 11.7. The standard InChI is InChI=1S/C15H13F4NO/c1-2-20(14(21)15(18,19)13(16)17)12-9-5-7-10-6-3-4-8-11(10)12/h3-9,13H,2H2,1H3. The van der Waals surface area contributed by atoms with E-state index in [0.29, 0.717) is 10.3 Å². The molecule has 21 heavy (non-hydrogen) atoms. The Balaban J connectivity index is 2.52. The fraction of sp³-hybridized carbons (Fsp3) is 0.267. The van der Waals surface area contributed by atoms with Crippen LogP contribution >= 0.6 is 0 Å². The van der Waals surface area contributed by atoms with Crippen LogP contribution in [0.2, 0.25) is 0 Å². The van der Waals surface area contributed by atoms with Crippen molar-refractivity contribution in [2.75, 3.05) is 11.4 Å². The number of carbonyl (C=O) groups is 1. The van der Waals surface area contributed by atoms with Gasteiger partial charge in [-0.2, -0.15) is 8.78 Å². The van der Waals surface area contributed by atoms with Crippen LogP contribution in [0.15, 0.2) is 42.5 Å². The predicted molar refractivity (Wildman–Crippen MR) is 72.9 cm³/mol. The van der Waals surface area contributed by atoms with E-state index in [1.807, 2.05) is 0 Å². The minimum atomic E-state index is -4.70. The monoisotopic (exact) mass is 299 g/mol. The SMILES string of the molecule is CCN(C(=O)C(F)(F)C(F)F)c1cccc2ccccc12. The predicted octanol–water partition coefficient (Wildman–Crippen LogP) is 4.09. The second kappa shape index (κ2) is 5.71. The smallest absolute Gasteiger partial charge is 0.307 e. The first-order valence-electron chi connectivity index (χ1n) is 6.35. The van der Waals surface area contributed by atoms with Crippen molar-refractivity contribution < 1.29 is 22.4 Å². The largest absolute Gasteiger partial charge is 0.384 e. The minimum Gasteiger partial charge on any atom is -0.307 e. The number of carbonyl (C=O) groups excluding carboxylic acids is 1. The third-order valence-corrected chi connectivity index (χ3v) is 3.18. The molecule has 0 aliphatic heterocycles. The first-order valence-corrected chi connectivity index (χ1v) is 6.35. The van der Waals surface area contributed by atoms with Crippen LogP contribution in [0.25, 0.3) is 10.8 Å². The molecule has 0 radical (unpaired) electrons. The van der Waals surface area contributed by atoms with Crippen molar-refractivity contribution in [3.8, 4) is 0 Å². The van der Waals surface area contributed by atoms with Gasteiger partial charge in [0.15, 0.2) is 0 Å². The van der Waals surface area contributed by atoms with Crippen LogP contribution < -0.4 is 4.90 Å². The van der Waals surface area contributed by atoms with Gasteiger partial charge < -0.3 is 4.90 Å². The number of hydrogen-bond donors (Lipinski definition) is 0. The molecule has 2 aromatic carbocycles. The average Bonchev–Trinajstić information content (AvgIpc) is 2.48. The Kier molecular flexibility index (Phi) is 4.16. The molecule has 0 bridgehead atoms. The molecule has 2 rings (SSSR count). The number of hydrogen-bond acceptors (Lipinski definition) is 1. The zero-order chi connectivity index (χ0) is 15.6. The van der Waals surface area contributed by atoms with E-state index in [1.165, 1.54) is 13.0 Å². The first-order chi connectivity index (χ1) is 9.89. The third kappa shape index (κ3) is 2.70. The molecule has 0 unspecified atom stereocenters. The zero-order valence-electron chi connectivity index (χ0n) is 11.2. The van der Waals surface area contributed by atoms with Gasteiger partial charge in [-0.1, -0.05) is 36.4 Å². The maximum Gasteiger partial charge on any atom is 0.384 e. The fourth-order valence-corrected chi connectivity index (χ4v) is 2.14. The summed E-state index contributed by atoms with van der Waals surface area (Å²) in [5.74, 6) is -6.59. The summed E-state index contributed by atoms with van der Waals surface area (Å²) >= 11 is 0. The Morgan fingerprint density at radius 2 is 1.76 bits per heavy atom. The first kappa shape index (κ1) is 15.3. The van der Waals surface area contributed by atoms with Crippen LogP contribution in [0.4, 0.5) is 23.2 Å². The highest BCUT2D eigenvalue weighted by Crippen LogP contribution is 2.32. The minimum absolute atomic E-state index is 0.130. The zero-order valence-corrected chi connectivity index (χ0v) is 11.2. The van der Waals surface area contributed by atoms with Crippen molar-refractivity contribution in [2.24, 2.45) is 0 Å². The number of alkyl halides is 4. The summed E-state index contributed by atoms with van der Waals surface area (Å²) < 4.78 is 51.4. The van der Waals surface area contributed by atoms with Crippen molar-refractivity contribution in [3.05, 3.63) is 42.5 Å². The Morgan fingerprint density at radius 3 is 2.38 bits per heavy atom. The number of nitrogens with zero attached hydrogens (tertiary/aromatic N) is 1. The molecule has 0 N–H and O–H groups in total. The number of benzene rings is 2. The molecule has 6 heteroatoms. The highest BCUT2D eigenvalue weighted by molar-refractivity contribution is 6.06. The van der Waals surface area contributed by atoms with E-state index in [1.54, 1.807) is 36.4 Å². The quantitative estimate of drug-likeness (QED) is 0.779. The normalized spacial score (nSPS) is 11.9. The van der Waals surface area contributed by atoms with Crippen molar-refractivity contribution in [2.45, 2.75) is 19.3 Å². The van der Waals surface area contributed by atoms with Crippen LogP contribution in [0, 0.1) is 0 Å². The maximum atomic E-state index is 13.3. The molecule has 0 aromatic heterocycles. The van der Waals surface area contributed by atoms with Crippen molar-refractivity contribution in [1.82, 2.24) is 0 Å². The Hall–Kier alpha value is -2.11. The summed E-state index contributed by atoms with van der Waals surface area (Å²) in [4.78, 5) is 12.5. The lowest BCUT2D eigenvalue weighted by Gasteiger charge is -2.26. The molecule has 0 heterocycles. The molecule has 2 aromatic rings. The molecule has 0 spiro atoms. The van der Waals surface area contributed by atoms with E-state index in [2.05, 4.69) is 0 Å². The second-order valence-corrected chi connectivity index (χ2v) is 4.47.